The van der Waals surface area contributed by atoms with E-state index in [-0.39, 0.29) is 18.1 Å². The molecule has 248 valence electrons. The van der Waals surface area contributed by atoms with Crippen molar-refractivity contribution in [1.82, 2.24) is 36.4 Å². The molecular formula is C29H39N15O3. The summed E-state index contributed by atoms with van der Waals surface area (Å²) in [6.45, 7) is 4.33. The maximum absolute atomic E-state index is 6.35. The van der Waals surface area contributed by atoms with Gasteiger partial charge in [0.2, 0.25) is 17.9 Å². The molecule has 18 heteroatoms. The van der Waals surface area contributed by atoms with E-state index >= 15 is 0 Å². The van der Waals surface area contributed by atoms with Gasteiger partial charge in [-0.25, -0.2) is 30.0 Å². The third kappa shape index (κ3) is 8.41. The molecule has 3 aromatic rings. The molecule has 0 bridgehead atoms. The van der Waals surface area contributed by atoms with E-state index in [1.807, 2.05) is 30.0 Å². The lowest BCUT2D eigenvalue weighted by Crippen LogP contribution is -2.54. The van der Waals surface area contributed by atoms with E-state index in [9.17, 15) is 0 Å². The largest absolute Gasteiger partial charge is 0.472 e. The zero-order valence-corrected chi connectivity index (χ0v) is 26.1. The summed E-state index contributed by atoms with van der Waals surface area (Å²) in [6.07, 6.45) is 9.25. The van der Waals surface area contributed by atoms with Crippen LogP contribution in [0.4, 0.5) is 0 Å². The Morgan fingerprint density at radius 1 is 0.723 bits per heavy atom. The van der Waals surface area contributed by atoms with Gasteiger partial charge >= 0.3 is 0 Å². The van der Waals surface area contributed by atoms with Crippen molar-refractivity contribution in [2.45, 2.75) is 51.5 Å². The molecule has 0 radical (unpaired) electrons. The Morgan fingerprint density at radius 3 is 2.04 bits per heavy atom. The lowest BCUT2D eigenvalue weighted by Gasteiger charge is -2.33. The Kier molecular flexibility index (Phi) is 9.54. The molecule has 6 rings (SSSR count). The van der Waals surface area contributed by atoms with E-state index in [0.717, 1.165) is 16.7 Å². The first kappa shape index (κ1) is 31.1. The molecule has 0 saturated carbocycles. The topological polar surface area (TPSA) is 232 Å². The van der Waals surface area contributed by atoms with Gasteiger partial charge in [0.25, 0.3) is 0 Å². The van der Waals surface area contributed by atoms with Crippen LogP contribution in [0.2, 0.25) is 0 Å². The molecule has 47 heavy (non-hydrogen) atoms. The van der Waals surface area contributed by atoms with Crippen LogP contribution >= 0.6 is 0 Å². The summed E-state index contributed by atoms with van der Waals surface area (Å²) < 4.78 is 15.8. The minimum atomic E-state index is -0.550. The standard InChI is InChI=1S/C29H39N15O3/c1-18-34-26(32-2)42-28(35-18)44(13-21-6-10-47-17-21)14-23-37-25(31)41-29(39-23)43(12-20-5-9-46-16-20)7-3-22-36-24(30)40-27(38-22)33-11-19-4-8-45-15-19/h4-6,8-10,15-18,22-23H,3,7,11-14H2,1-2H3,(H3,31,37,39,41)(H2,32,34,35,42)(H4,30,33,36,38,40). The maximum Gasteiger partial charge on any atom is 0.203 e. The molecule has 0 spiro atoms. The number of nitrogens with zero attached hydrogens (tertiary/aromatic N) is 8. The second-order valence-corrected chi connectivity index (χ2v) is 10.9. The van der Waals surface area contributed by atoms with Gasteiger partial charge in [0.1, 0.15) is 12.3 Å². The zero-order chi connectivity index (χ0) is 32.6. The minimum absolute atomic E-state index is 0.248. The van der Waals surface area contributed by atoms with E-state index in [0.29, 0.717) is 63.0 Å². The number of aliphatic imine (C=N–C) groups is 6. The van der Waals surface area contributed by atoms with Crippen molar-refractivity contribution in [2.24, 2.45) is 41.4 Å². The molecule has 0 saturated heterocycles. The molecule has 0 aliphatic carbocycles. The highest BCUT2D eigenvalue weighted by Gasteiger charge is 2.27. The van der Waals surface area contributed by atoms with Gasteiger partial charge in [-0.2, -0.15) is 0 Å². The van der Waals surface area contributed by atoms with Gasteiger partial charge in [0.05, 0.1) is 44.1 Å². The first-order valence-electron chi connectivity index (χ1n) is 15.1. The van der Waals surface area contributed by atoms with Crippen molar-refractivity contribution in [2.75, 3.05) is 20.1 Å². The van der Waals surface area contributed by atoms with Crippen LogP contribution in [-0.2, 0) is 19.6 Å². The van der Waals surface area contributed by atoms with Crippen molar-refractivity contribution < 1.29 is 13.3 Å². The number of furan rings is 3. The van der Waals surface area contributed by atoms with Crippen molar-refractivity contribution >= 4 is 35.8 Å². The molecular weight excluding hydrogens is 606 g/mol. The fraction of sp³-hybridized carbons (Fsp3) is 0.379. The quantitative estimate of drug-likeness (QED) is 0.146. The van der Waals surface area contributed by atoms with Gasteiger partial charge in [-0.1, -0.05) is 0 Å². The number of guanidine groups is 6. The maximum atomic E-state index is 6.35. The number of hydrogen-bond acceptors (Lipinski definition) is 18. The van der Waals surface area contributed by atoms with Crippen LogP contribution in [-0.4, -0.2) is 84.2 Å². The molecule has 3 unspecified atom stereocenters. The van der Waals surface area contributed by atoms with E-state index in [4.69, 9.17) is 39.7 Å². The molecule has 9 N–H and O–H groups in total. The van der Waals surface area contributed by atoms with Gasteiger partial charge in [-0.05, 0) is 25.1 Å². The first-order chi connectivity index (χ1) is 22.9. The fourth-order valence-corrected chi connectivity index (χ4v) is 5.09. The van der Waals surface area contributed by atoms with Crippen LogP contribution in [0, 0.1) is 0 Å². The Labute approximate surface area is 270 Å². The van der Waals surface area contributed by atoms with Crippen molar-refractivity contribution in [3.05, 3.63) is 72.5 Å². The highest BCUT2D eigenvalue weighted by Crippen LogP contribution is 2.15. The molecule has 0 fully saturated rings. The van der Waals surface area contributed by atoms with Crippen LogP contribution in [0.15, 0.2) is 99.0 Å². The van der Waals surface area contributed by atoms with Gasteiger partial charge in [0, 0.05) is 56.3 Å². The average Bonchev–Trinajstić information content (AvgIpc) is 3.86. The molecule has 6 heterocycles. The Hall–Kier alpha value is -5.94. The molecule has 3 atom stereocenters. The van der Waals surface area contributed by atoms with Gasteiger partial charge in [-0.3, -0.25) is 16.0 Å². The summed E-state index contributed by atoms with van der Waals surface area (Å²) in [5, 5.41) is 15.7. The van der Waals surface area contributed by atoms with E-state index in [2.05, 4.69) is 46.5 Å². The molecule has 0 aromatic carbocycles. The molecule has 3 aromatic heterocycles. The van der Waals surface area contributed by atoms with Crippen LogP contribution in [0.5, 0.6) is 0 Å². The van der Waals surface area contributed by atoms with E-state index in [1.54, 1.807) is 44.6 Å². The smallest absolute Gasteiger partial charge is 0.203 e. The zero-order valence-electron chi connectivity index (χ0n) is 26.1. The second kappa shape index (κ2) is 14.4. The number of hydrogen-bond donors (Lipinski definition) is 7. The molecule has 18 nitrogen and oxygen atoms in total. The Balaban J connectivity index is 1.19. The predicted octanol–water partition coefficient (Wildman–Crippen LogP) is 0.0303. The third-order valence-corrected chi connectivity index (χ3v) is 7.29. The molecule has 0 amide bonds. The lowest BCUT2D eigenvalue weighted by molar-refractivity contribution is 0.350. The summed E-state index contributed by atoms with van der Waals surface area (Å²) in [7, 11) is 1.80. The monoisotopic (exact) mass is 645 g/mol. The highest BCUT2D eigenvalue weighted by atomic mass is 16.3. The van der Waals surface area contributed by atoms with Crippen LogP contribution in [0.25, 0.3) is 0 Å². The third-order valence-electron chi connectivity index (χ3n) is 7.29. The van der Waals surface area contributed by atoms with Gasteiger partial charge in [-0.15, -0.1) is 0 Å². The van der Waals surface area contributed by atoms with Crippen molar-refractivity contribution in [1.29, 1.82) is 0 Å². The summed E-state index contributed by atoms with van der Waals surface area (Å²) >= 11 is 0. The summed E-state index contributed by atoms with van der Waals surface area (Å²) in [5.41, 5.74) is 15.4. The van der Waals surface area contributed by atoms with Gasteiger partial charge in [0.15, 0.2) is 24.0 Å². The fourth-order valence-electron chi connectivity index (χ4n) is 5.09. The summed E-state index contributed by atoms with van der Waals surface area (Å²) in [4.78, 5) is 32.1. The van der Waals surface area contributed by atoms with E-state index < -0.39 is 12.3 Å². The van der Waals surface area contributed by atoms with Crippen molar-refractivity contribution in [3.8, 4) is 0 Å². The molecule has 3 aliphatic rings. The number of nitrogens with two attached hydrogens (primary N) is 2. The van der Waals surface area contributed by atoms with E-state index in [1.165, 1.54) is 0 Å². The normalized spacial score (nSPS) is 20.6. The summed E-state index contributed by atoms with van der Waals surface area (Å²) in [5.74, 6) is 2.87. The first-order valence-corrected chi connectivity index (χ1v) is 15.1. The molecule has 3 aliphatic heterocycles. The Bertz CT molecular complexity index is 1640. The second-order valence-electron chi connectivity index (χ2n) is 10.9. The van der Waals surface area contributed by atoms with Gasteiger partial charge < -0.3 is 45.2 Å². The Morgan fingerprint density at radius 2 is 1.36 bits per heavy atom. The lowest BCUT2D eigenvalue weighted by atomic mass is 10.2. The van der Waals surface area contributed by atoms with Crippen LogP contribution < -0.4 is 38.1 Å². The number of nitrogens with one attached hydrogen (secondary N) is 5. The predicted molar refractivity (Wildman–Crippen MR) is 177 cm³/mol. The average molecular weight is 646 g/mol. The van der Waals surface area contributed by atoms with Crippen molar-refractivity contribution in [3.63, 3.8) is 0 Å². The van der Waals surface area contributed by atoms with Crippen LogP contribution in [0.1, 0.15) is 30.0 Å². The highest BCUT2D eigenvalue weighted by molar-refractivity contribution is 6.01. The summed E-state index contributed by atoms with van der Waals surface area (Å²) in [6, 6.07) is 5.69. The number of rotatable bonds is 11. The SMILES string of the molecule is CNC1=NC(C)N=C(N(Cc2ccoc2)CC2N=C(N)NC(N(CCC3N=C(N)NC(NCc4ccoc4)=N3)Cc3ccoc3)=N2)N1. The van der Waals surface area contributed by atoms with Crippen LogP contribution in [0.3, 0.4) is 0 Å². The minimum Gasteiger partial charge on any atom is -0.472 e.